The molecule has 0 aromatic heterocycles. The van der Waals surface area contributed by atoms with Crippen LogP contribution in [-0.2, 0) is 53.9 Å². The van der Waals surface area contributed by atoms with Crippen molar-refractivity contribution < 1.29 is 88.0 Å². The standard InChI is InChI=1S/C52H74Cl2O18/c1-13-30-22-26(6)33(56)18-16-15-17-31(23-66-50-44(65-12)40(59)43(29(9)67-50)69-49(64)35-32(14-2)36(53)39(58)37(54)38(35)57)48(63)68-34(28(8)55)20-19-25(5)21-27(7)42(30)71-51-45(70-47(62)24(3)4)41(60)46(61)52(10,11)72-51/h15-17,19,21-22,24,28-30,33-34,40-46,50-51,55-61H,13-14,18,20,23H2,1-12H3/b16-15+,25-19+,26-22+,27-21+,31-17+/t28?,29-,30?,33?,34?,40+,41?,42-,43-,44+,45-,46-,50-,51+/m1/s1. The lowest BCUT2D eigenvalue weighted by molar-refractivity contribution is -0.333. The number of hydrogen-bond acceptors (Lipinski definition) is 18. The SMILES string of the molecule is CCc1c(Cl)c(O)c(Cl)c(O)c1C(=O)O[C@H]1[C@H](O)[C@H](OC)[C@H](OC/C2=C\C=C\CC(O)/C(C)=C/C(CC)[C@H](O[C@H]3OC(C)(C)[C@H](O)C(O)[C@H]3OC(=O)C(C)C)/C(C)=C/C(C)=C/CC(C(C)O)OC2=O)O[C@@H]1C. The fourth-order valence-electron chi connectivity index (χ4n) is 8.52. The fourth-order valence-corrected chi connectivity index (χ4v) is 9.08. The summed E-state index contributed by atoms with van der Waals surface area (Å²) >= 11 is 12.3. The number of carbonyl (C=O) groups excluding carboxylic acids is 3. The molecule has 0 amide bonds. The molecule has 1 aromatic carbocycles. The van der Waals surface area contributed by atoms with Crippen molar-refractivity contribution in [2.45, 2.75) is 187 Å². The maximum absolute atomic E-state index is 14.0. The molecule has 14 atom stereocenters. The maximum Gasteiger partial charge on any atom is 0.342 e. The van der Waals surface area contributed by atoms with E-state index in [4.69, 9.17) is 61.1 Å². The van der Waals surface area contributed by atoms with Crippen molar-refractivity contribution in [3.8, 4) is 11.5 Å². The molecule has 5 unspecified atom stereocenters. The molecule has 72 heavy (non-hydrogen) atoms. The molecular formula is C52H74Cl2O18. The minimum Gasteiger partial charge on any atom is -0.505 e. The first-order valence-electron chi connectivity index (χ1n) is 24.2. The summed E-state index contributed by atoms with van der Waals surface area (Å²) < 4.78 is 47.8. The van der Waals surface area contributed by atoms with E-state index in [1.807, 2.05) is 32.9 Å². The Kier molecular flexibility index (Phi) is 22.4. The fraction of sp³-hybridized carbons (Fsp3) is 0.635. The number of cyclic esters (lactones) is 1. The number of aliphatic hydroxyl groups excluding tert-OH is 5. The van der Waals surface area contributed by atoms with Gasteiger partial charge in [-0.05, 0) is 90.5 Å². The first-order valence-corrected chi connectivity index (χ1v) is 24.9. The summed E-state index contributed by atoms with van der Waals surface area (Å²) in [6, 6.07) is 0. The highest BCUT2D eigenvalue weighted by Crippen LogP contribution is 2.45. The second-order valence-corrected chi connectivity index (χ2v) is 20.1. The molecule has 0 bridgehead atoms. The maximum atomic E-state index is 14.0. The Balaban J connectivity index is 1.64. The van der Waals surface area contributed by atoms with Gasteiger partial charge in [-0.25, -0.2) is 9.59 Å². The molecule has 0 radical (unpaired) electrons. The third-order valence-corrected chi connectivity index (χ3v) is 13.8. The number of phenols is 2. The second kappa shape index (κ2) is 26.5. The smallest absolute Gasteiger partial charge is 0.342 e. The van der Waals surface area contributed by atoms with Crippen LogP contribution in [0, 0.1) is 11.8 Å². The lowest BCUT2D eigenvalue weighted by atomic mass is 9.88. The monoisotopic (exact) mass is 1060 g/mol. The van der Waals surface area contributed by atoms with Crippen molar-refractivity contribution in [1.82, 2.24) is 0 Å². The largest absolute Gasteiger partial charge is 0.505 e. The summed E-state index contributed by atoms with van der Waals surface area (Å²) in [5.41, 5.74) is 0.279. The number of phenolic OH excluding ortho intramolecular Hbond substituents is 2. The lowest BCUT2D eigenvalue weighted by Crippen LogP contribution is -2.64. The second-order valence-electron chi connectivity index (χ2n) is 19.4. The number of aromatic hydroxyl groups is 2. The van der Waals surface area contributed by atoms with Gasteiger partial charge in [0.05, 0.1) is 53.1 Å². The van der Waals surface area contributed by atoms with Gasteiger partial charge >= 0.3 is 17.9 Å². The molecule has 404 valence electrons. The van der Waals surface area contributed by atoms with Gasteiger partial charge in [0.25, 0.3) is 0 Å². The van der Waals surface area contributed by atoms with E-state index in [1.54, 1.807) is 53.7 Å². The van der Waals surface area contributed by atoms with Gasteiger partial charge in [0, 0.05) is 19.4 Å². The van der Waals surface area contributed by atoms with Crippen LogP contribution < -0.4 is 0 Å². The lowest BCUT2D eigenvalue weighted by Gasteiger charge is -2.47. The van der Waals surface area contributed by atoms with Gasteiger partial charge in [-0.2, -0.15) is 0 Å². The van der Waals surface area contributed by atoms with E-state index < -0.39 is 144 Å². The minimum atomic E-state index is -1.57. The van der Waals surface area contributed by atoms with Crippen molar-refractivity contribution >= 4 is 41.1 Å². The van der Waals surface area contributed by atoms with Crippen molar-refractivity contribution in [2.75, 3.05) is 13.7 Å². The zero-order chi connectivity index (χ0) is 54.1. The summed E-state index contributed by atoms with van der Waals surface area (Å²) in [5, 5.41) is 76.1. The predicted molar refractivity (Wildman–Crippen MR) is 265 cm³/mol. The highest BCUT2D eigenvalue weighted by molar-refractivity contribution is 6.39. The van der Waals surface area contributed by atoms with E-state index in [-0.39, 0.29) is 35.4 Å². The molecule has 3 heterocycles. The third kappa shape index (κ3) is 14.7. The van der Waals surface area contributed by atoms with E-state index in [2.05, 4.69) is 0 Å². The van der Waals surface area contributed by atoms with Crippen LogP contribution in [0.5, 0.6) is 11.5 Å². The summed E-state index contributed by atoms with van der Waals surface area (Å²) in [5.74, 6) is -4.92. The van der Waals surface area contributed by atoms with E-state index in [0.717, 1.165) is 0 Å². The van der Waals surface area contributed by atoms with Gasteiger partial charge in [0.1, 0.15) is 41.1 Å². The van der Waals surface area contributed by atoms with E-state index >= 15 is 0 Å². The van der Waals surface area contributed by atoms with Crippen LogP contribution >= 0.6 is 23.2 Å². The minimum absolute atomic E-state index is 0.0387. The molecule has 2 saturated heterocycles. The van der Waals surface area contributed by atoms with E-state index in [1.165, 1.54) is 33.1 Å². The van der Waals surface area contributed by atoms with Gasteiger partial charge in [0.15, 0.2) is 36.3 Å². The number of methoxy groups -OCH3 is 1. The van der Waals surface area contributed by atoms with Crippen LogP contribution in [0.15, 0.2) is 58.7 Å². The number of hydrogen-bond donors (Lipinski definition) is 7. The number of ether oxygens (including phenoxy) is 8. The number of allylic oxidation sites excluding steroid dienone is 4. The van der Waals surface area contributed by atoms with Gasteiger partial charge in [-0.15, -0.1) is 0 Å². The summed E-state index contributed by atoms with van der Waals surface area (Å²) in [4.78, 5) is 40.3. The van der Waals surface area contributed by atoms with Crippen LogP contribution in [-0.4, -0.2) is 153 Å². The topological polar surface area (TPSA) is 267 Å². The molecule has 0 saturated carbocycles. The molecule has 3 aliphatic rings. The third-order valence-electron chi connectivity index (χ3n) is 13.0. The number of rotatable bonds is 13. The Morgan fingerprint density at radius 3 is 2.17 bits per heavy atom. The first kappa shape index (κ1) is 60.7. The Hall–Kier alpha value is -3.89. The van der Waals surface area contributed by atoms with Crippen LogP contribution in [0.2, 0.25) is 10.0 Å². The van der Waals surface area contributed by atoms with Gasteiger partial charge in [-0.3, -0.25) is 4.79 Å². The van der Waals surface area contributed by atoms with Gasteiger partial charge < -0.3 is 73.6 Å². The highest BCUT2D eigenvalue weighted by atomic mass is 35.5. The summed E-state index contributed by atoms with van der Waals surface area (Å²) in [6.07, 6.45) is -5.45. The zero-order valence-corrected chi connectivity index (χ0v) is 44.5. The van der Waals surface area contributed by atoms with Crippen LogP contribution in [0.4, 0.5) is 0 Å². The van der Waals surface area contributed by atoms with Crippen LogP contribution in [0.25, 0.3) is 0 Å². The highest BCUT2D eigenvalue weighted by Gasteiger charge is 2.53. The molecule has 0 aliphatic carbocycles. The Morgan fingerprint density at radius 1 is 0.903 bits per heavy atom. The predicted octanol–water partition coefficient (Wildman–Crippen LogP) is 6.23. The summed E-state index contributed by atoms with van der Waals surface area (Å²) in [6.45, 7) is 18.0. The van der Waals surface area contributed by atoms with Crippen molar-refractivity contribution in [1.29, 1.82) is 0 Å². The Labute approximate surface area is 431 Å². The Bertz CT molecular complexity index is 2220. The van der Waals surface area contributed by atoms with Crippen LogP contribution in [0.3, 0.4) is 0 Å². The molecule has 20 heteroatoms. The average Bonchev–Trinajstić information content (AvgIpc) is 3.32. The molecule has 18 nitrogen and oxygen atoms in total. The van der Waals surface area contributed by atoms with Gasteiger partial charge in [0.2, 0.25) is 0 Å². The summed E-state index contributed by atoms with van der Waals surface area (Å²) in [7, 11) is 1.26. The van der Waals surface area contributed by atoms with E-state index in [0.29, 0.717) is 23.1 Å². The number of halogens is 2. The number of carbonyl (C=O) groups is 3. The number of benzene rings is 1. The zero-order valence-electron chi connectivity index (χ0n) is 43.0. The van der Waals surface area contributed by atoms with Crippen molar-refractivity contribution in [3.05, 3.63) is 79.9 Å². The van der Waals surface area contributed by atoms with Crippen molar-refractivity contribution in [3.63, 3.8) is 0 Å². The molecule has 3 aliphatic heterocycles. The molecule has 2 fully saturated rings. The molecule has 7 N–H and O–H groups in total. The van der Waals surface area contributed by atoms with Gasteiger partial charge in [-0.1, -0.05) is 86.9 Å². The molecule has 1 aromatic rings. The Morgan fingerprint density at radius 2 is 1.57 bits per heavy atom. The first-order chi connectivity index (χ1) is 33.7. The molecular weight excluding hydrogens is 983 g/mol. The number of esters is 3. The quantitative estimate of drug-likeness (QED) is 0.0655. The molecule has 0 spiro atoms. The van der Waals surface area contributed by atoms with Crippen molar-refractivity contribution in [2.24, 2.45) is 11.8 Å². The molecule has 4 rings (SSSR count). The van der Waals surface area contributed by atoms with Crippen LogP contribution in [0.1, 0.15) is 111 Å². The normalized spacial score (nSPS) is 34.8. The number of aliphatic hydroxyl groups is 5. The van der Waals surface area contributed by atoms with E-state index in [9.17, 15) is 50.1 Å². The average molecular weight is 1060 g/mol.